The smallest absolute Gasteiger partial charge is 0.161 e. The van der Waals surface area contributed by atoms with Crippen molar-refractivity contribution in [1.29, 1.82) is 0 Å². The first-order valence-electron chi connectivity index (χ1n) is 8.33. The summed E-state index contributed by atoms with van der Waals surface area (Å²) in [4.78, 5) is 0. The van der Waals surface area contributed by atoms with Gasteiger partial charge in [0.2, 0.25) is 0 Å². The molecule has 2 N–H and O–H groups in total. The topological polar surface area (TPSA) is 62.9 Å². The molecule has 0 amide bonds. The van der Waals surface area contributed by atoms with E-state index in [0.717, 1.165) is 41.4 Å². The highest BCUT2D eigenvalue weighted by Gasteiger charge is 2.16. The largest absolute Gasteiger partial charge is 0.486 e. The molecule has 0 bridgehead atoms. The van der Waals surface area contributed by atoms with Gasteiger partial charge < -0.3 is 24.7 Å². The Labute approximate surface area is 141 Å². The average molecular weight is 327 g/mol. The normalized spacial score (nSPS) is 16.5. The van der Waals surface area contributed by atoms with Crippen LogP contribution in [0.2, 0.25) is 0 Å². The van der Waals surface area contributed by atoms with Gasteiger partial charge >= 0.3 is 0 Å². The quantitative estimate of drug-likeness (QED) is 0.935. The van der Waals surface area contributed by atoms with E-state index in [-0.39, 0.29) is 6.04 Å². The van der Waals surface area contributed by atoms with E-state index < -0.39 is 0 Å². The van der Waals surface area contributed by atoms with Gasteiger partial charge in [0.1, 0.15) is 26.4 Å². The third kappa shape index (κ3) is 3.12. The van der Waals surface area contributed by atoms with Crippen LogP contribution in [-0.4, -0.2) is 26.4 Å². The van der Waals surface area contributed by atoms with Crippen LogP contribution in [0.1, 0.15) is 23.6 Å². The second-order valence-electron chi connectivity index (χ2n) is 6.03. The minimum Gasteiger partial charge on any atom is -0.486 e. The van der Waals surface area contributed by atoms with E-state index in [4.69, 9.17) is 24.7 Å². The molecule has 1 atom stereocenters. The molecule has 5 heteroatoms. The minimum atomic E-state index is -0.0472. The minimum absolute atomic E-state index is 0.0472. The Morgan fingerprint density at radius 1 is 0.750 bits per heavy atom. The molecule has 126 valence electrons. The molecule has 0 aliphatic carbocycles. The molecular weight excluding hydrogens is 306 g/mol. The molecule has 2 aliphatic rings. The van der Waals surface area contributed by atoms with Gasteiger partial charge in [0.15, 0.2) is 23.0 Å². The van der Waals surface area contributed by atoms with Gasteiger partial charge in [-0.1, -0.05) is 12.1 Å². The van der Waals surface area contributed by atoms with E-state index in [9.17, 15) is 0 Å². The molecular formula is C19H21NO4. The Kier molecular flexibility index (Phi) is 4.17. The van der Waals surface area contributed by atoms with Crippen LogP contribution in [-0.2, 0) is 6.42 Å². The maximum absolute atomic E-state index is 6.36. The van der Waals surface area contributed by atoms with Crippen molar-refractivity contribution in [3.63, 3.8) is 0 Å². The summed E-state index contributed by atoms with van der Waals surface area (Å²) >= 11 is 0. The van der Waals surface area contributed by atoms with Gasteiger partial charge in [0.25, 0.3) is 0 Å². The summed E-state index contributed by atoms with van der Waals surface area (Å²) in [5, 5.41) is 0. The van der Waals surface area contributed by atoms with Gasteiger partial charge in [-0.05, 0) is 48.2 Å². The maximum Gasteiger partial charge on any atom is 0.161 e. The number of fused-ring (bicyclic) bond motifs is 2. The lowest BCUT2D eigenvalue weighted by molar-refractivity contribution is 0.171. The van der Waals surface area contributed by atoms with Crippen molar-refractivity contribution >= 4 is 0 Å². The van der Waals surface area contributed by atoms with Crippen molar-refractivity contribution in [3.05, 3.63) is 47.5 Å². The summed E-state index contributed by atoms with van der Waals surface area (Å²) in [6.45, 7) is 2.40. The van der Waals surface area contributed by atoms with Gasteiger partial charge in [-0.25, -0.2) is 0 Å². The van der Waals surface area contributed by atoms with Crippen molar-refractivity contribution in [3.8, 4) is 23.0 Å². The molecule has 24 heavy (non-hydrogen) atoms. The van der Waals surface area contributed by atoms with Crippen LogP contribution in [0.15, 0.2) is 36.4 Å². The molecule has 0 saturated carbocycles. The summed E-state index contributed by atoms with van der Waals surface area (Å²) in [6, 6.07) is 12.0. The van der Waals surface area contributed by atoms with Gasteiger partial charge in [0, 0.05) is 6.04 Å². The second-order valence-corrected chi connectivity index (χ2v) is 6.03. The molecule has 2 aromatic carbocycles. The van der Waals surface area contributed by atoms with Gasteiger partial charge in [-0.3, -0.25) is 0 Å². The first-order valence-corrected chi connectivity index (χ1v) is 8.33. The molecule has 2 aliphatic heterocycles. The van der Waals surface area contributed by atoms with E-state index in [1.54, 1.807) is 0 Å². The number of ether oxygens (including phenoxy) is 4. The van der Waals surface area contributed by atoms with Crippen LogP contribution < -0.4 is 24.7 Å². The van der Waals surface area contributed by atoms with Crippen molar-refractivity contribution < 1.29 is 18.9 Å². The average Bonchev–Trinajstić information content (AvgIpc) is 2.65. The fraction of sp³-hybridized carbons (Fsp3) is 0.368. The van der Waals surface area contributed by atoms with Gasteiger partial charge in [0.05, 0.1) is 0 Å². The third-order valence-electron chi connectivity index (χ3n) is 4.34. The van der Waals surface area contributed by atoms with Crippen LogP contribution in [0.5, 0.6) is 23.0 Å². The Hall–Kier alpha value is -2.40. The van der Waals surface area contributed by atoms with Gasteiger partial charge in [-0.2, -0.15) is 0 Å². The van der Waals surface area contributed by atoms with Crippen LogP contribution >= 0.6 is 0 Å². The molecule has 0 saturated heterocycles. The SMILES string of the molecule is N[C@@H](CCc1ccc2c(c1)OCCO2)c1ccc2c(c1)OCCO2. The Morgan fingerprint density at radius 3 is 2.04 bits per heavy atom. The molecule has 0 unspecified atom stereocenters. The summed E-state index contributed by atoms with van der Waals surface area (Å²) < 4.78 is 22.4. The predicted octanol–water partition coefficient (Wildman–Crippen LogP) is 2.86. The Balaban J connectivity index is 1.42. The first kappa shape index (κ1) is 15.1. The van der Waals surface area contributed by atoms with Gasteiger partial charge in [-0.15, -0.1) is 0 Å². The molecule has 0 fully saturated rings. The van der Waals surface area contributed by atoms with E-state index >= 15 is 0 Å². The van der Waals surface area contributed by atoms with Crippen LogP contribution in [0, 0.1) is 0 Å². The molecule has 2 heterocycles. The van der Waals surface area contributed by atoms with Crippen molar-refractivity contribution in [2.45, 2.75) is 18.9 Å². The number of nitrogens with two attached hydrogens (primary N) is 1. The highest BCUT2D eigenvalue weighted by molar-refractivity contribution is 5.45. The van der Waals surface area contributed by atoms with Crippen LogP contribution in [0.25, 0.3) is 0 Å². The van der Waals surface area contributed by atoms with Crippen molar-refractivity contribution in [1.82, 2.24) is 0 Å². The van der Waals surface area contributed by atoms with Crippen molar-refractivity contribution in [2.24, 2.45) is 5.73 Å². The second kappa shape index (κ2) is 6.61. The number of hydrogen-bond acceptors (Lipinski definition) is 5. The fourth-order valence-corrected chi connectivity index (χ4v) is 3.02. The predicted molar refractivity (Wildman–Crippen MR) is 90.1 cm³/mol. The zero-order valence-electron chi connectivity index (χ0n) is 13.5. The fourth-order valence-electron chi connectivity index (χ4n) is 3.02. The third-order valence-corrected chi connectivity index (χ3v) is 4.34. The Morgan fingerprint density at radius 2 is 1.33 bits per heavy atom. The van der Waals surface area contributed by atoms with E-state index in [1.807, 2.05) is 30.3 Å². The molecule has 0 radical (unpaired) electrons. The molecule has 5 nitrogen and oxygen atoms in total. The van der Waals surface area contributed by atoms with Crippen molar-refractivity contribution in [2.75, 3.05) is 26.4 Å². The zero-order chi connectivity index (χ0) is 16.4. The monoisotopic (exact) mass is 327 g/mol. The molecule has 4 rings (SSSR count). The van der Waals surface area contributed by atoms with Crippen LogP contribution in [0.3, 0.4) is 0 Å². The zero-order valence-corrected chi connectivity index (χ0v) is 13.5. The Bertz CT molecular complexity index is 731. The maximum atomic E-state index is 6.36. The lowest BCUT2D eigenvalue weighted by atomic mass is 9.99. The summed E-state index contributed by atoms with van der Waals surface area (Å²) in [5.74, 6) is 3.23. The summed E-state index contributed by atoms with van der Waals surface area (Å²) in [6.07, 6.45) is 1.73. The van der Waals surface area contributed by atoms with E-state index in [1.165, 1.54) is 5.56 Å². The number of benzene rings is 2. The lowest BCUT2D eigenvalue weighted by Gasteiger charge is -2.21. The van der Waals surface area contributed by atoms with E-state index in [2.05, 4.69) is 6.07 Å². The standard InChI is InChI=1S/C19H21NO4/c20-15(14-3-6-17-19(12-14)24-10-8-22-17)4-1-13-2-5-16-18(11-13)23-9-7-21-16/h2-3,5-6,11-12,15H,1,4,7-10,20H2/t15-/m0/s1. The number of hydrogen-bond donors (Lipinski definition) is 1. The number of aryl methyl sites for hydroxylation is 1. The van der Waals surface area contributed by atoms with E-state index in [0.29, 0.717) is 26.4 Å². The molecule has 0 spiro atoms. The van der Waals surface area contributed by atoms with Crippen LogP contribution in [0.4, 0.5) is 0 Å². The number of rotatable bonds is 4. The lowest BCUT2D eigenvalue weighted by Crippen LogP contribution is -2.17. The molecule has 0 aromatic heterocycles. The summed E-state index contributed by atoms with van der Waals surface area (Å²) in [7, 11) is 0. The highest BCUT2D eigenvalue weighted by Crippen LogP contribution is 2.34. The highest BCUT2D eigenvalue weighted by atomic mass is 16.6. The molecule has 2 aromatic rings. The first-order chi connectivity index (χ1) is 11.8. The summed E-state index contributed by atoms with van der Waals surface area (Å²) in [5.41, 5.74) is 8.63.